The van der Waals surface area contributed by atoms with E-state index in [4.69, 9.17) is 15.6 Å². The number of aromatic amines is 2. The number of aromatic nitrogens is 3. The second-order valence-corrected chi connectivity index (χ2v) is 6.26. The molecule has 3 rings (SSSR count). The molecule has 1 amide bonds. The van der Waals surface area contributed by atoms with E-state index in [9.17, 15) is 23.6 Å². The van der Waals surface area contributed by atoms with E-state index in [0.29, 0.717) is 18.1 Å². The number of pyridine rings is 1. The predicted molar refractivity (Wildman–Crippen MR) is 118 cm³/mol. The number of nitrogen functional groups attached to an aromatic ring is 1. The van der Waals surface area contributed by atoms with E-state index in [1.807, 2.05) is 9.97 Å². The Morgan fingerprint density at radius 2 is 1.85 bits per heavy atom. The van der Waals surface area contributed by atoms with Gasteiger partial charge in [-0.1, -0.05) is 12.1 Å². The van der Waals surface area contributed by atoms with Crippen LogP contribution in [0.3, 0.4) is 0 Å². The van der Waals surface area contributed by atoms with Gasteiger partial charge in [-0.15, -0.1) is 0 Å². The molecule has 0 aliphatic carbocycles. The SMILES string of the molecule is CCOC(=O)Nc1ccc(NCc2ccc(F)cc2)nc1N.O=C(O)c1cc(=O)[nH]c(=O)[nH]1. The highest BCUT2D eigenvalue weighted by atomic mass is 19.1. The summed E-state index contributed by atoms with van der Waals surface area (Å²) in [5, 5.41) is 13.9. The summed E-state index contributed by atoms with van der Waals surface area (Å²) in [5.41, 5.74) is 5.10. The number of hydrogen-bond acceptors (Lipinski definition) is 8. The molecule has 2 heterocycles. The van der Waals surface area contributed by atoms with Gasteiger partial charge in [-0.3, -0.25) is 15.1 Å². The molecule has 1 aromatic carbocycles. The van der Waals surface area contributed by atoms with E-state index in [1.165, 1.54) is 12.1 Å². The molecule has 174 valence electrons. The number of anilines is 3. The summed E-state index contributed by atoms with van der Waals surface area (Å²) in [7, 11) is 0. The maximum atomic E-state index is 12.8. The highest BCUT2D eigenvalue weighted by Crippen LogP contribution is 2.19. The number of benzene rings is 1. The summed E-state index contributed by atoms with van der Waals surface area (Å²) in [5.74, 6) is -0.887. The zero-order valence-electron chi connectivity index (χ0n) is 17.3. The minimum absolute atomic E-state index is 0.178. The lowest BCUT2D eigenvalue weighted by Gasteiger charge is -2.10. The fraction of sp³-hybridized carbons (Fsp3) is 0.150. The summed E-state index contributed by atoms with van der Waals surface area (Å²) >= 11 is 0. The van der Waals surface area contributed by atoms with Crippen LogP contribution in [-0.4, -0.2) is 38.7 Å². The normalized spacial score (nSPS) is 9.88. The molecular weight excluding hydrogens is 439 g/mol. The van der Waals surface area contributed by atoms with E-state index in [1.54, 1.807) is 31.2 Å². The van der Waals surface area contributed by atoms with Crippen molar-refractivity contribution in [3.05, 3.63) is 80.4 Å². The average molecular weight is 460 g/mol. The number of nitrogens with one attached hydrogen (secondary N) is 4. The number of H-pyrrole nitrogens is 2. The topological polar surface area (TPSA) is 192 Å². The number of nitrogens with zero attached hydrogens (tertiary/aromatic N) is 1. The summed E-state index contributed by atoms with van der Waals surface area (Å²) in [4.78, 5) is 50.3. The number of rotatable bonds is 6. The second-order valence-electron chi connectivity index (χ2n) is 6.26. The number of carboxylic acids is 1. The first-order valence-electron chi connectivity index (χ1n) is 9.43. The van der Waals surface area contributed by atoms with Gasteiger partial charge >= 0.3 is 17.8 Å². The molecule has 0 fully saturated rings. The first-order chi connectivity index (χ1) is 15.7. The van der Waals surface area contributed by atoms with E-state index >= 15 is 0 Å². The molecule has 0 unspecified atom stereocenters. The van der Waals surface area contributed by atoms with Crippen LogP contribution in [0, 0.1) is 5.82 Å². The van der Waals surface area contributed by atoms with Gasteiger partial charge in [0.15, 0.2) is 0 Å². The van der Waals surface area contributed by atoms with Gasteiger partial charge in [0.25, 0.3) is 5.56 Å². The Balaban J connectivity index is 0.000000294. The second kappa shape index (κ2) is 11.6. The van der Waals surface area contributed by atoms with Crippen LogP contribution in [0.25, 0.3) is 0 Å². The fourth-order valence-corrected chi connectivity index (χ4v) is 2.34. The molecule has 0 saturated heterocycles. The van der Waals surface area contributed by atoms with Crippen molar-refractivity contribution in [3.8, 4) is 0 Å². The van der Waals surface area contributed by atoms with Crippen LogP contribution in [0.15, 0.2) is 52.1 Å². The molecule has 0 radical (unpaired) electrons. The minimum Gasteiger partial charge on any atom is -0.477 e. The Bertz CT molecular complexity index is 1200. The molecule has 2 aromatic heterocycles. The number of aromatic carboxylic acids is 1. The van der Waals surface area contributed by atoms with Crippen molar-refractivity contribution in [1.29, 1.82) is 0 Å². The summed E-state index contributed by atoms with van der Waals surface area (Å²) in [6.45, 7) is 2.47. The summed E-state index contributed by atoms with van der Waals surface area (Å²) in [6.07, 6.45) is -0.581. The molecule has 0 spiro atoms. The standard InChI is InChI=1S/C15H17FN4O2.C5H4N2O4/c1-2-22-15(21)19-12-7-8-13(20-14(12)17)18-9-10-3-5-11(16)6-4-10;8-3-1-2(4(9)10)6-5(11)7-3/h3-8H,2,9H2,1H3,(H,19,21)(H3,17,18,20);1H,(H,9,10)(H2,6,7,8,11). The molecule has 0 atom stereocenters. The minimum atomic E-state index is -1.34. The van der Waals surface area contributed by atoms with E-state index < -0.39 is 29.0 Å². The van der Waals surface area contributed by atoms with Crippen LogP contribution in [0.1, 0.15) is 23.0 Å². The number of hydrogen-bond donors (Lipinski definition) is 6. The lowest BCUT2D eigenvalue weighted by Crippen LogP contribution is -2.24. The Morgan fingerprint density at radius 3 is 2.42 bits per heavy atom. The molecule has 7 N–H and O–H groups in total. The maximum Gasteiger partial charge on any atom is 0.411 e. The monoisotopic (exact) mass is 460 g/mol. The zero-order valence-corrected chi connectivity index (χ0v) is 17.3. The van der Waals surface area contributed by atoms with Crippen molar-refractivity contribution in [2.24, 2.45) is 0 Å². The third-order valence-electron chi connectivity index (χ3n) is 3.81. The van der Waals surface area contributed by atoms with Crippen molar-refractivity contribution >= 4 is 29.4 Å². The third-order valence-corrected chi connectivity index (χ3v) is 3.81. The van der Waals surface area contributed by atoms with Crippen LogP contribution in [0.2, 0.25) is 0 Å². The van der Waals surface area contributed by atoms with Crippen molar-refractivity contribution in [1.82, 2.24) is 15.0 Å². The number of amides is 1. The zero-order chi connectivity index (χ0) is 24.4. The van der Waals surface area contributed by atoms with Crippen molar-refractivity contribution in [3.63, 3.8) is 0 Å². The molecule has 0 saturated carbocycles. The number of carbonyl (C=O) groups is 2. The molecule has 3 aromatic rings. The van der Waals surface area contributed by atoms with Crippen LogP contribution < -0.4 is 27.6 Å². The van der Waals surface area contributed by atoms with Gasteiger partial charge in [-0.05, 0) is 36.8 Å². The van der Waals surface area contributed by atoms with E-state index in [2.05, 4.69) is 15.6 Å². The Hall–Kier alpha value is -4.68. The first kappa shape index (κ1) is 24.6. The van der Waals surface area contributed by atoms with Crippen LogP contribution in [0.4, 0.5) is 26.5 Å². The molecule has 33 heavy (non-hydrogen) atoms. The van der Waals surface area contributed by atoms with Crippen LogP contribution >= 0.6 is 0 Å². The van der Waals surface area contributed by atoms with Gasteiger partial charge in [0.1, 0.15) is 23.1 Å². The molecule has 0 aliphatic rings. The smallest absolute Gasteiger partial charge is 0.411 e. The lowest BCUT2D eigenvalue weighted by molar-refractivity contribution is 0.0689. The van der Waals surface area contributed by atoms with E-state index in [0.717, 1.165) is 11.6 Å². The van der Waals surface area contributed by atoms with Crippen molar-refractivity contribution < 1.29 is 23.8 Å². The molecule has 0 bridgehead atoms. The number of carbonyl (C=O) groups excluding carboxylic acids is 1. The van der Waals surface area contributed by atoms with Gasteiger partial charge in [0.05, 0.1) is 12.3 Å². The van der Waals surface area contributed by atoms with Crippen LogP contribution in [-0.2, 0) is 11.3 Å². The summed E-state index contributed by atoms with van der Waals surface area (Å²) in [6, 6.07) is 10.3. The quantitative estimate of drug-likeness (QED) is 0.318. The number of nitrogens with two attached hydrogens (primary N) is 1. The third kappa shape index (κ3) is 8.16. The molecule has 12 nitrogen and oxygen atoms in total. The number of halogens is 1. The van der Waals surface area contributed by atoms with Gasteiger partial charge in [0.2, 0.25) is 0 Å². The van der Waals surface area contributed by atoms with Gasteiger partial charge in [-0.2, -0.15) is 0 Å². The lowest BCUT2D eigenvalue weighted by atomic mass is 10.2. The average Bonchev–Trinajstić information content (AvgIpc) is 2.75. The highest BCUT2D eigenvalue weighted by molar-refractivity contribution is 5.88. The van der Waals surface area contributed by atoms with Gasteiger partial charge in [-0.25, -0.2) is 23.8 Å². The maximum absolute atomic E-state index is 12.8. The Morgan fingerprint density at radius 1 is 1.15 bits per heavy atom. The van der Waals surface area contributed by atoms with Crippen molar-refractivity contribution in [2.45, 2.75) is 13.5 Å². The highest BCUT2D eigenvalue weighted by Gasteiger charge is 2.07. The first-order valence-corrected chi connectivity index (χ1v) is 9.43. The van der Waals surface area contributed by atoms with Gasteiger partial charge < -0.3 is 25.9 Å². The molecule has 0 aliphatic heterocycles. The number of carboxylic acid groups (broad SMARTS) is 1. The number of ether oxygens (including phenoxy) is 1. The predicted octanol–water partition coefficient (Wildman–Crippen LogP) is 1.74. The van der Waals surface area contributed by atoms with Crippen molar-refractivity contribution in [2.75, 3.05) is 23.0 Å². The Labute approximate surface area is 185 Å². The van der Waals surface area contributed by atoms with Crippen LogP contribution in [0.5, 0.6) is 0 Å². The largest absolute Gasteiger partial charge is 0.477 e. The molecular formula is C20H21FN6O6. The molecule has 13 heteroatoms. The summed E-state index contributed by atoms with van der Waals surface area (Å²) < 4.78 is 17.6. The van der Waals surface area contributed by atoms with E-state index in [-0.39, 0.29) is 18.2 Å². The Kier molecular flexibility index (Phi) is 8.67. The van der Waals surface area contributed by atoms with Gasteiger partial charge in [0, 0.05) is 12.6 Å². The fourth-order valence-electron chi connectivity index (χ4n) is 2.34.